The van der Waals surface area contributed by atoms with Crippen LogP contribution in [0.1, 0.15) is 19.8 Å². The first kappa shape index (κ1) is 15.0. The monoisotopic (exact) mass is 301 g/mol. The smallest absolute Gasteiger partial charge is 0.294 e. The third-order valence-electron chi connectivity index (χ3n) is 3.58. The Morgan fingerprint density at radius 3 is 2.90 bits per heavy atom. The lowest BCUT2D eigenvalue weighted by Gasteiger charge is -2.35. The predicted octanol–water partition coefficient (Wildman–Crippen LogP) is 2.97. The van der Waals surface area contributed by atoms with Crippen molar-refractivity contribution in [2.75, 3.05) is 24.5 Å². The maximum Gasteiger partial charge on any atom is 0.294 e. The first-order valence-corrected chi connectivity index (χ1v) is 7.03. The number of nitro benzene ring substituents is 1. The van der Waals surface area contributed by atoms with Crippen molar-refractivity contribution < 1.29 is 9.31 Å². The molecule has 0 aromatic heterocycles. The van der Waals surface area contributed by atoms with Crippen LogP contribution in [-0.2, 0) is 0 Å². The van der Waals surface area contributed by atoms with Crippen molar-refractivity contribution in [1.82, 2.24) is 5.32 Å². The number of rotatable bonds is 4. The van der Waals surface area contributed by atoms with E-state index in [-0.39, 0.29) is 16.8 Å². The number of likely N-dealkylation sites (N-methyl/N-ethyl adjacent to an activating group) is 1. The van der Waals surface area contributed by atoms with Crippen molar-refractivity contribution in [2.45, 2.75) is 25.8 Å². The summed E-state index contributed by atoms with van der Waals surface area (Å²) in [5, 5.41) is 14.2. The van der Waals surface area contributed by atoms with E-state index in [9.17, 15) is 14.5 Å². The molecule has 0 radical (unpaired) electrons. The second-order valence-corrected chi connectivity index (χ2v) is 5.21. The van der Waals surface area contributed by atoms with Gasteiger partial charge in [0, 0.05) is 31.3 Å². The first-order valence-electron chi connectivity index (χ1n) is 6.65. The third-order valence-corrected chi connectivity index (χ3v) is 3.87. The fourth-order valence-corrected chi connectivity index (χ4v) is 2.78. The standard InChI is InChI=1S/C13H17ClFN3O2/c1-2-17(9-4-3-5-16-8-9)12-7-11(15)10(14)6-13(12)18(19)20/h6-7,9,16H,2-5,8H2,1H3. The van der Waals surface area contributed by atoms with E-state index in [2.05, 4.69) is 5.32 Å². The summed E-state index contributed by atoms with van der Waals surface area (Å²) in [7, 11) is 0. The highest BCUT2D eigenvalue weighted by Gasteiger charge is 2.27. The van der Waals surface area contributed by atoms with E-state index in [4.69, 9.17) is 11.6 Å². The topological polar surface area (TPSA) is 58.4 Å². The van der Waals surface area contributed by atoms with Gasteiger partial charge in [-0.3, -0.25) is 10.1 Å². The van der Waals surface area contributed by atoms with Crippen LogP contribution in [0.25, 0.3) is 0 Å². The summed E-state index contributed by atoms with van der Waals surface area (Å²) in [4.78, 5) is 12.5. The zero-order valence-corrected chi connectivity index (χ0v) is 12.0. The first-order chi connectivity index (χ1) is 9.54. The minimum absolute atomic E-state index is 0.132. The molecule has 1 atom stereocenters. The Kier molecular flexibility index (Phi) is 4.77. The molecule has 1 aromatic carbocycles. The fraction of sp³-hybridized carbons (Fsp3) is 0.538. The number of nitrogens with zero attached hydrogens (tertiary/aromatic N) is 2. The zero-order valence-electron chi connectivity index (χ0n) is 11.2. The number of nitro groups is 1. The summed E-state index contributed by atoms with van der Waals surface area (Å²) < 4.78 is 13.7. The SMILES string of the molecule is CCN(c1cc(F)c(Cl)cc1[N+](=O)[O-])C1CCCNC1. The summed E-state index contributed by atoms with van der Waals surface area (Å²) in [5.41, 5.74) is 0.150. The van der Waals surface area contributed by atoms with Gasteiger partial charge in [-0.15, -0.1) is 0 Å². The van der Waals surface area contributed by atoms with Crippen molar-refractivity contribution in [3.05, 3.63) is 33.1 Å². The molecule has 0 aliphatic carbocycles. The third kappa shape index (κ3) is 3.02. The number of nitrogens with one attached hydrogen (secondary N) is 1. The quantitative estimate of drug-likeness (QED) is 0.686. The molecule has 1 heterocycles. The largest absolute Gasteiger partial charge is 0.362 e. The van der Waals surface area contributed by atoms with Crippen molar-refractivity contribution in [2.24, 2.45) is 0 Å². The predicted molar refractivity (Wildman–Crippen MR) is 77.0 cm³/mol. The van der Waals surface area contributed by atoms with Crippen LogP contribution in [0.3, 0.4) is 0 Å². The van der Waals surface area contributed by atoms with Gasteiger partial charge in [-0.2, -0.15) is 0 Å². The Morgan fingerprint density at radius 1 is 1.60 bits per heavy atom. The summed E-state index contributed by atoms with van der Waals surface area (Å²) in [6.45, 7) is 4.18. The number of hydrogen-bond donors (Lipinski definition) is 1. The summed E-state index contributed by atoms with van der Waals surface area (Å²) in [5.74, 6) is -0.630. The molecule has 7 heteroatoms. The van der Waals surface area contributed by atoms with Crippen LogP contribution in [-0.4, -0.2) is 30.6 Å². The van der Waals surface area contributed by atoms with Gasteiger partial charge in [0.2, 0.25) is 0 Å². The van der Waals surface area contributed by atoms with E-state index in [0.717, 1.165) is 32.0 Å². The highest BCUT2D eigenvalue weighted by atomic mass is 35.5. The number of anilines is 1. The van der Waals surface area contributed by atoms with Gasteiger partial charge in [-0.1, -0.05) is 11.6 Å². The lowest BCUT2D eigenvalue weighted by atomic mass is 10.0. The van der Waals surface area contributed by atoms with E-state index in [0.29, 0.717) is 12.2 Å². The highest BCUT2D eigenvalue weighted by molar-refractivity contribution is 6.31. The van der Waals surface area contributed by atoms with E-state index < -0.39 is 10.7 Å². The molecule has 1 aliphatic heterocycles. The molecule has 1 N–H and O–H groups in total. The Bertz CT molecular complexity index is 507. The number of piperidine rings is 1. The van der Waals surface area contributed by atoms with Gasteiger partial charge in [0.1, 0.15) is 11.5 Å². The molecule has 2 rings (SSSR count). The van der Waals surface area contributed by atoms with Gasteiger partial charge < -0.3 is 10.2 Å². The fourth-order valence-electron chi connectivity index (χ4n) is 2.63. The molecule has 1 fully saturated rings. The van der Waals surface area contributed by atoms with Gasteiger partial charge in [-0.25, -0.2) is 4.39 Å². The molecule has 1 aliphatic rings. The molecule has 110 valence electrons. The van der Waals surface area contributed by atoms with E-state index in [1.165, 1.54) is 6.07 Å². The molecule has 0 amide bonds. The molecular formula is C13H17ClFN3O2. The zero-order chi connectivity index (χ0) is 14.7. The summed E-state index contributed by atoms with van der Waals surface area (Å²) >= 11 is 5.65. The normalized spacial score (nSPS) is 18.9. The summed E-state index contributed by atoms with van der Waals surface area (Å²) in [6.07, 6.45) is 1.94. The van der Waals surface area contributed by atoms with Gasteiger partial charge in [0.05, 0.1) is 9.95 Å². The molecule has 1 aromatic rings. The van der Waals surface area contributed by atoms with Crippen LogP contribution in [0, 0.1) is 15.9 Å². The second kappa shape index (κ2) is 6.37. The Hall–Kier alpha value is -1.40. The minimum atomic E-state index is -0.630. The van der Waals surface area contributed by atoms with Crippen molar-refractivity contribution in [1.29, 1.82) is 0 Å². The van der Waals surface area contributed by atoms with Crippen molar-refractivity contribution >= 4 is 23.0 Å². The van der Waals surface area contributed by atoms with Crippen LogP contribution in [0.2, 0.25) is 5.02 Å². The van der Waals surface area contributed by atoms with Crippen LogP contribution in [0.4, 0.5) is 15.8 Å². The number of benzene rings is 1. The summed E-state index contributed by atoms with van der Waals surface area (Å²) in [6, 6.07) is 2.39. The molecular weight excluding hydrogens is 285 g/mol. The number of hydrogen-bond acceptors (Lipinski definition) is 4. The molecule has 0 bridgehead atoms. The molecule has 5 nitrogen and oxygen atoms in total. The second-order valence-electron chi connectivity index (χ2n) is 4.80. The van der Waals surface area contributed by atoms with Crippen LogP contribution in [0.5, 0.6) is 0 Å². The minimum Gasteiger partial charge on any atom is -0.362 e. The van der Waals surface area contributed by atoms with Gasteiger partial charge >= 0.3 is 0 Å². The molecule has 20 heavy (non-hydrogen) atoms. The average molecular weight is 302 g/mol. The van der Waals surface area contributed by atoms with Crippen LogP contribution < -0.4 is 10.2 Å². The molecule has 0 saturated carbocycles. The Morgan fingerprint density at radius 2 is 2.35 bits per heavy atom. The lowest BCUT2D eigenvalue weighted by molar-refractivity contribution is -0.384. The highest BCUT2D eigenvalue weighted by Crippen LogP contribution is 2.34. The number of halogens is 2. The van der Waals surface area contributed by atoms with Gasteiger partial charge in [0.15, 0.2) is 0 Å². The van der Waals surface area contributed by atoms with Crippen molar-refractivity contribution in [3.8, 4) is 0 Å². The Balaban J connectivity index is 2.41. The molecule has 1 saturated heterocycles. The van der Waals surface area contributed by atoms with Gasteiger partial charge in [0.25, 0.3) is 5.69 Å². The van der Waals surface area contributed by atoms with E-state index >= 15 is 0 Å². The van der Waals surface area contributed by atoms with Gasteiger partial charge in [-0.05, 0) is 26.3 Å². The lowest BCUT2D eigenvalue weighted by Crippen LogP contribution is -2.46. The maximum absolute atomic E-state index is 13.7. The van der Waals surface area contributed by atoms with E-state index in [1.54, 1.807) is 0 Å². The van der Waals surface area contributed by atoms with E-state index in [1.807, 2.05) is 11.8 Å². The van der Waals surface area contributed by atoms with Crippen LogP contribution >= 0.6 is 11.6 Å². The van der Waals surface area contributed by atoms with Crippen molar-refractivity contribution in [3.63, 3.8) is 0 Å². The van der Waals surface area contributed by atoms with Crippen LogP contribution in [0.15, 0.2) is 12.1 Å². The maximum atomic E-state index is 13.7. The average Bonchev–Trinajstić information content (AvgIpc) is 2.44. The Labute approximate surface area is 121 Å². The molecule has 1 unspecified atom stereocenters. The molecule has 0 spiro atoms.